The minimum Gasteiger partial charge on any atom is -0.395 e. The quantitative estimate of drug-likeness (QED) is 0.601. The highest BCUT2D eigenvalue weighted by molar-refractivity contribution is 5.91. The van der Waals surface area contributed by atoms with Gasteiger partial charge in [-0.15, -0.1) is 12.4 Å². The van der Waals surface area contributed by atoms with Crippen LogP contribution in [0.3, 0.4) is 0 Å². The normalized spacial score (nSPS) is 20.8. The van der Waals surface area contributed by atoms with E-state index in [4.69, 9.17) is 9.15 Å². The second-order valence-corrected chi connectivity index (χ2v) is 4.82. The molecule has 0 spiro atoms. The van der Waals surface area contributed by atoms with Crippen LogP contribution >= 0.6 is 12.4 Å². The van der Waals surface area contributed by atoms with E-state index in [0.717, 1.165) is 25.5 Å². The smallest absolute Gasteiger partial charge is 0.395 e. The molecule has 0 saturated carbocycles. The molecule has 2 N–H and O–H groups in total. The lowest BCUT2D eigenvalue weighted by Crippen LogP contribution is -2.52. The number of rotatable bonds is 6. The highest BCUT2D eigenvalue weighted by Gasteiger charge is 2.34. The fourth-order valence-corrected chi connectivity index (χ4v) is 2.35. The second kappa shape index (κ2) is 7.39. The van der Waals surface area contributed by atoms with Gasteiger partial charge in [0.25, 0.3) is 5.91 Å². The summed E-state index contributed by atoms with van der Waals surface area (Å²) >= 11 is 0. The van der Waals surface area contributed by atoms with Gasteiger partial charge < -0.3 is 19.8 Å². The first kappa shape index (κ1) is 17.4. The van der Waals surface area contributed by atoms with Crippen LogP contribution in [-0.2, 0) is 4.74 Å². The predicted octanol–water partition coefficient (Wildman–Crippen LogP) is 1.11. The van der Waals surface area contributed by atoms with Crippen LogP contribution in [0, 0.1) is 10.1 Å². The number of amides is 1. The second-order valence-electron chi connectivity index (χ2n) is 4.82. The molecular formula is C12H18ClN3O5. The Morgan fingerprint density at radius 2 is 2.38 bits per heavy atom. The van der Waals surface area contributed by atoms with Gasteiger partial charge in [0.2, 0.25) is 0 Å². The van der Waals surface area contributed by atoms with Crippen molar-refractivity contribution >= 4 is 24.2 Å². The van der Waals surface area contributed by atoms with Gasteiger partial charge in [0.1, 0.15) is 4.92 Å². The summed E-state index contributed by atoms with van der Waals surface area (Å²) in [5.41, 5.74) is -0.275. The molecule has 1 aromatic heterocycles. The van der Waals surface area contributed by atoms with Crippen molar-refractivity contribution in [3.8, 4) is 0 Å². The van der Waals surface area contributed by atoms with Crippen molar-refractivity contribution < 1.29 is 18.9 Å². The third-order valence-corrected chi connectivity index (χ3v) is 3.34. The number of halogens is 1. The van der Waals surface area contributed by atoms with Gasteiger partial charge in [0.05, 0.1) is 18.2 Å². The first-order valence-electron chi connectivity index (χ1n) is 6.33. The zero-order valence-electron chi connectivity index (χ0n) is 11.6. The molecule has 0 radical (unpaired) electrons. The average molecular weight is 320 g/mol. The van der Waals surface area contributed by atoms with Gasteiger partial charge in [0.15, 0.2) is 5.76 Å². The number of carbonyl (C=O) groups excluding carboxylic acids is 1. The van der Waals surface area contributed by atoms with Gasteiger partial charge in [-0.1, -0.05) is 0 Å². The number of nitrogens with one attached hydrogen (secondary N) is 2. The molecule has 1 aliphatic heterocycles. The Balaban J connectivity index is 0.00000220. The highest BCUT2D eigenvalue weighted by atomic mass is 35.5. The third-order valence-electron chi connectivity index (χ3n) is 3.34. The van der Waals surface area contributed by atoms with Gasteiger partial charge in [0, 0.05) is 13.7 Å². The van der Waals surface area contributed by atoms with Crippen molar-refractivity contribution in [2.75, 3.05) is 26.8 Å². The monoisotopic (exact) mass is 319 g/mol. The number of nitrogens with zero attached hydrogens (tertiary/aromatic N) is 1. The average Bonchev–Trinajstić information content (AvgIpc) is 3.06. The lowest BCUT2D eigenvalue weighted by atomic mass is 9.98. The zero-order chi connectivity index (χ0) is 14.6. The van der Waals surface area contributed by atoms with Gasteiger partial charge in [-0.2, -0.15) is 0 Å². The van der Waals surface area contributed by atoms with E-state index in [9.17, 15) is 14.9 Å². The Labute approximate surface area is 127 Å². The van der Waals surface area contributed by atoms with Crippen molar-refractivity contribution in [3.63, 3.8) is 0 Å². The van der Waals surface area contributed by atoms with E-state index in [1.807, 2.05) is 0 Å². The first-order valence-corrected chi connectivity index (χ1v) is 6.33. The van der Waals surface area contributed by atoms with E-state index in [2.05, 4.69) is 10.6 Å². The molecule has 1 saturated heterocycles. The lowest BCUT2D eigenvalue weighted by Gasteiger charge is -2.28. The molecule has 0 aromatic carbocycles. The van der Waals surface area contributed by atoms with E-state index >= 15 is 0 Å². The number of ether oxygens (including phenoxy) is 1. The Bertz CT molecular complexity index is 499. The van der Waals surface area contributed by atoms with Crippen LogP contribution in [0.5, 0.6) is 0 Å². The topological polar surface area (TPSA) is 107 Å². The van der Waals surface area contributed by atoms with E-state index in [1.54, 1.807) is 7.11 Å². The SMILES string of the molecule is COCC1(CNC(=O)c2ccc([N+](=O)[O-])o2)CCCN1.Cl. The van der Waals surface area contributed by atoms with Crippen LogP contribution in [-0.4, -0.2) is 43.2 Å². The van der Waals surface area contributed by atoms with Crippen molar-refractivity contribution in [1.29, 1.82) is 0 Å². The standard InChI is InChI=1S/C12H17N3O5.ClH/c1-19-8-12(5-2-6-14-12)7-13-11(16)9-3-4-10(20-9)15(17)18;/h3-4,14H,2,5-8H2,1H3,(H,13,16);1H. The summed E-state index contributed by atoms with van der Waals surface area (Å²) in [7, 11) is 1.61. The van der Waals surface area contributed by atoms with Gasteiger partial charge in [-0.3, -0.25) is 14.9 Å². The molecule has 1 aromatic rings. The Morgan fingerprint density at radius 1 is 1.62 bits per heavy atom. The van der Waals surface area contributed by atoms with Gasteiger partial charge >= 0.3 is 5.88 Å². The molecule has 9 heteroatoms. The molecule has 1 amide bonds. The van der Waals surface area contributed by atoms with Crippen molar-refractivity contribution in [2.24, 2.45) is 0 Å². The van der Waals surface area contributed by atoms with Crippen molar-refractivity contribution in [2.45, 2.75) is 18.4 Å². The number of carbonyl (C=O) groups is 1. The fourth-order valence-electron chi connectivity index (χ4n) is 2.35. The number of hydrogen-bond donors (Lipinski definition) is 2. The number of hydrogen-bond acceptors (Lipinski definition) is 6. The van der Waals surface area contributed by atoms with Gasteiger partial charge in [-0.25, -0.2) is 0 Å². The van der Waals surface area contributed by atoms with Crippen LogP contribution in [0.4, 0.5) is 5.88 Å². The van der Waals surface area contributed by atoms with Crippen LogP contribution in [0.1, 0.15) is 23.4 Å². The van der Waals surface area contributed by atoms with Crippen molar-refractivity contribution in [1.82, 2.24) is 10.6 Å². The van der Waals surface area contributed by atoms with Crippen LogP contribution in [0.15, 0.2) is 16.5 Å². The molecule has 0 aliphatic carbocycles. The minimum absolute atomic E-state index is 0. The maximum atomic E-state index is 11.9. The molecule has 1 atom stereocenters. The molecule has 2 heterocycles. The Hall–Kier alpha value is -1.64. The Morgan fingerprint density at radius 3 is 2.90 bits per heavy atom. The van der Waals surface area contributed by atoms with E-state index in [1.165, 1.54) is 6.07 Å². The third kappa shape index (κ3) is 4.16. The number of nitro groups is 1. The number of methoxy groups -OCH3 is 1. The maximum absolute atomic E-state index is 11.9. The molecular weight excluding hydrogens is 302 g/mol. The largest absolute Gasteiger partial charge is 0.433 e. The van der Waals surface area contributed by atoms with E-state index in [-0.39, 0.29) is 23.7 Å². The maximum Gasteiger partial charge on any atom is 0.433 e. The summed E-state index contributed by atoms with van der Waals surface area (Å²) in [4.78, 5) is 21.7. The van der Waals surface area contributed by atoms with Gasteiger partial charge in [-0.05, 0) is 25.5 Å². The highest BCUT2D eigenvalue weighted by Crippen LogP contribution is 2.20. The summed E-state index contributed by atoms with van der Waals surface area (Å²) in [6, 6.07) is 2.45. The Kier molecular flexibility index (Phi) is 6.13. The van der Waals surface area contributed by atoms with E-state index < -0.39 is 16.7 Å². The summed E-state index contributed by atoms with van der Waals surface area (Å²) in [6.07, 6.45) is 1.92. The lowest BCUT2D eigenvalue weighted by molar-refractivity contribution is -0.402. The van der Waals surface area contributed by atoms with Crippen LogP contribution in [0.25, 0.3) is 0 Å². The predicted molar refractivity (Wildman–Crippen MR) is 76.8 cm³/mol. The minimum atomic E-state index is -0.679. The first-order chi connectivity index (χ1) is 9.56. The zero-order valence-corrected chi connectivity index (χ0v) is 12.4. The van der Waals surface area contributed by atoms with Crippen LogP contribution < -0.4 is 10.6 Å². The van der Waals surface area contributed by atoms with Crippen LogP contribution in [0.2, 0.25) is 0 Å². The summed E-state index contributed by atoms with van der Waals surface area (Å²) in [5.74, 6) is -0.981. The molecule has 2 rings (SSSR count). The fraction of sp³-hybridized carbons (Fsp3) is 0.583. The summed E-state index contributed by atoms with van der Waals surface area (Å²) < 4.78 is 10.0. The molecule has 1 fully saturated rings. The molecule has 1 unspecified atom stereocenters. The van der Waals surface area contributed by atoms with E-state index in [0.29, 0.717) is 13.2 Å². The van der Waals surface area contributed by atoms with Crippen molar-refractivity contribution in [3.05, 3.63) is 28.0 Å². The molecule has 0 bridgehead atoms. The number of furan rings is 1. The molecule has 118 valence electrons. The summed E-state index contributed by atoms with van der Waals surface area (Å²) in [6.45, 7) is 1.76. The summed E-state index contributed by atoms with van der Waals surface area (Å²) in [5, 5.41) is 16.5. The molecule has 21 heavy (non-hydrogen) atoms. The molecule has 1 aliphatic rings. The molecule has 8 nitrogen and oxygen atoms in total.